The highest BCUT2D eigenvalue weighted by Gasteiger charge is 2.50. The number of hydrogen-bond acceptors (Lipinski definition) is 7. The van der Waals surface area contributed by atoms with Crippen molar-refractivity contribution in [1.82, 2.24) is 14.5 Å². The smallest absolute Gasteiger partial charge is 0.328 e. The molecule has 11 heteroatoms. The van der Waals surface area contributed by atoms with E-state index in [4.69, 9.17) is 15.2 Å². The predicted octanol–water partition coefficient (Wildman–Crippen LogP) is 1.02. The molecule has 2 saturated heterocycles. The highest BCUT2D eigenvalue weighted by atomic mass is 79.9. The molecule has 0 aliphatic carbocycles. The third kappa shape index (κ3) is 4.97. The van der Waals surface area contributed by atoms with E-state index in [2.05, 4.69) is 20.9 Å². The van der Waals surface area contributed by atoms with Crippen LogP contribution in [0.3, 0.4) is 0 Å². The summed E-state index contributed by atoms with van der Waals surface area (Å²) in [6, 6.07) is 6.39. The summed E-state index contributed by atoms with van der Waals surface area (Å²) in [4.78, 5) is 41.1. The number of hydrogen-bond donors (Lipinski definition) is 3. The van der Waals surface area contributed by atoms with Gasteiger partial charge in [-0.3, -0.25) is 19.1 Å². The molecule has 1 spiro atoms. The molecule has 2 atom stereocenters. The van der Waals surface area contributed by atoms with E-state index >= 15 is 0 Å². The second-order valence-electron chi connectivity index (χ2n) is 9.14. The molecule has 4 N–H and O–H groups in total. The van der Waals surface area contributed by atoms with E-state index in [0.29, 0.717) is 56.8 Å². The molecule has 1 aromatic heterocycles. The number of aromatic amines is 1. The minimum atomic E-state index is -1.25. The van der Waals surface area contributed by atoms with Gasteiger partial charge in [0, 0.05) is 37.8 Å². The van der Waals surface area contributed by atoms with Gasteiger partial charge in [-0.2, -0.15) is 0 Å². The average Bonchev–Trinajstić information content (AvgIpc) is 2.80. The number of piperidine rings is 1. The van der Waals surface area contributed by atoms with Crippen LogP contribution in [0.2, 0.25) is 0 Å². The molecule has 1 aromatic carbocycles. The number of carbonyl (C=O) groups is 1. The number of ether oxygens (including phenoxy) is 2. The number of amides is 1. The third-order valence-electron chi connectivity index (χ3n) is 6.63. The standard InChI is InChI=1S/C23H29BrN4O6/c1-22(32)14-23(34-13-18(22)28-12-17(24)19(29)26-21(28)31)5-8-27(9-6-23)20(30)15-3-2-4-16(11-15)33-10-7-25/h2-4,11-12,18,32H,5-10,13-14,25H2,1H3,(H,26,29,31)/t18-,22-/m0/s1. The summed E-state index contributed by atoms with van der Waals surface area (Å²) >= 11 is 3.13. The zero-order valence-electron chi connectivity index (χ0n) is 19.0. The first-order chi connectivity index (χ1) is 16.1. The maximum absolute atomic E-state index is 13.0. The molecular formula is C23H29BrN4O6. The van der Waals surface area contributed by atoms with Crippen LogP contribution in [0.1, 0.15) is 42.6 Å². The second kappa shape index (κ2) is 9.65. The molecule has 2 fully saturated rings. The molecule has 0 saturated carbocycles. The van der Waals surface area contributed by atoms with Crippen LogP contribution in [0.4, 0.5) is 0 Å². The molecule has 3 heterocycles. The summed E-state index contributed by atoms with van der Waals surface area (Å²) in [5.74, 6) is 0.518. The molecule has 2 aliphatic heterocycles. The van der Waals surface area contributed by atoms with Crippen LogP contribution >= 0.6 is 15.9 Å². The first kappa shape index (κ1) is 24.6. The fraction of sp³-hybridized carbons (Fsp3) is 0.522. The Balaban J connectivity index is 1.43. The number of carbonyl (C=O) groups excluding carboxylic acids is 1. The van der Waals surface area contributed by atoms with Crippen molar-refractivity contribution in [3.05, 3.63) is 61.3 Å². The lowest BCUT2D eigenvalue weighted by atomic mass is 9.75. The van der Waals surface area contributed by atoms with E-state index in [1.165, 1.54) is 10.8 Å². The van der Waals surface area contributed by atoms with Crippen molar-refractivity contribution in [2.45, 2.75) is 43.4 Å². The molecule has 2 aromatic rings. The number of nitrogens with two attached hydrogens (primary N) is 1. The van der Waals surface area contributed by atoms with Gasteiger partial charge in [-0.25, -0.2) is 4.79 Å². The zero-order valence-corrected chi connectivity index (χ0v) is 20.5. The van der Waals surface area contributed by atoms with E-state index in [9.17, 15) is 19.5 Å². The zero-order chi connectivity index (χ0) is 24.5. The summed E-state index contributed by atoms with van der Waals surface area (Å²) < 4.78 is 13.3. The summed E-state index contributed by atoms with van der Waals surface area (Å²) in [7, 11) is 0. The van der Waals surface area contributed by atoms with Gasteiger partial charge in [-0.05, 0) is 53.9 Å². The number of nitrogens with one attached hydrogen (secondary N) is 1. The number of rotatable bonds is 5. The Morgan fingerprint density at radius 3 is 2.76 bits per heavy atom. The van der Waals surface area contributed by atoms with Crippen molar-refractivity contribution in [2.24, 2.45) is 5.73 Å². The first-order valence-electron chi connectivity index (χ1n) is 11.2. The van der Waals surface area contributed by atoms with Gasteiger partial charge in [-0.15, -0.1) is 0 Å². The number of benzene rings is 1. The summed E-state index contributed by atoms with van der Waals surface area (Å²) in [6.45, 7) is 3.53. The number of aliphatic hydroxyl groups is 1. The van der Waals surface area contributed by atoms with Crippen LogP contribution in [0.5, 0.6) is 5.75 Å². The highest BCUT2D eigenvalue weighted by molar-refractivity contribution is 9.10. The van der Waals surface area contributed by atoms with Gasteiger partial charge in [0.05, 0.1) is 28.3 Å². The second-order valence-corrected chi connectivity index (χ2v) is 10.00. The van der Waals surface area contributed by atoms with E-state index in [1.54, 1.807) is 36.1 Å². The van der Waals surface area contributed by atoms with Crippen molar-refractivity contribution >= 4 is 21.8 Å². The van der Waals surface area contributed by atoms with E-state index < -0.39 is 28.5 Å². The van der Waals surface area contributed by atoms with Crippen LogP contribution in [-0.4, -0.2) is 69.5 Å². The summed E-state index contributed by atoms with van der Waals surface area (Å²) in [6.07, 6.45) is 2.82. The van der Waals surface area contributed by atoms with Gasteiger partial charge in [0.1, 0.15) is 12.4 Å². The molecule has 0 bridgehead atoms. The lowest BCUT2D eigenvalue weighted by Crippen LogP contribution is -2.59. The molecule has 10 nitrogen and oxygen atoms in total. The van der Waals surface area contributed by atoms with Crippen LogP contribution in [0.25, 0.3) is 0 Å². The van der Waals surface area contributed by atoms with Crippen molar-refractivity contribution in [3.63, 3.8) is 0 Å². The SMILES string of the molecule is C[C@]1(O)CC2(CCN(C(=O)c3cccc(OCCN)c3)CC2)OC[C@@H]1n1cc(Br)c(=O)[nH]c1=O. The molecular weight excluding hydrogens is 508 g/mol. The van der Waals surface area contributed by atoms with Crippen molar-refractivity contribution in [1.29, 1.82) is 0 Å². The average molecular weight is 537 g/mol. The van der Waals surface area contributed by atoms with E-state index in [1.807, 2.05) is 0 Å². The van der Waals surface area contributed by atoms with Crippen LogP contribution in [0, 0.1) is 0 Å². The minimum absolute atomic E-state index is 0.0851. The van der Waals surface area contributed by atoms with Gasteiger partial charge in [-0.1, -0.05) is 6.07 Å². The van der Waals surface area contributed by atoms with Crippen LogP contribution in [-0.2, 0) is 4.74 Å². The Kier molecular flexibility index (Phi) is 6.99. The Bertz CT molecular complexity index is 1170. The first-order valence-corrected chi connectivity index (χ1v) is 12.0. The summed E-state index contributed by atoms with van der Waals surface area (Å²) in [5.41, 5.74) is 3.06. The molecule has 2 aliphatic rings. The Morgan fingerprint density at radius 1 is 1.35 bits per heavy atom. The Morgan fingerprint density at radius 2 is 2.09 bits per heavy atom. The van der Waals surface area contributed by atoms with E-state index in [0.717, 1.165) is 0 Å². The topological polar surface area (TPSA) is 140 Å². The van der Waals surface area contributed by atoms with Crippen LogP contribution < -0.4 is 21.7 Å². The maximum atomic E-state index is 13.0. The number of aromatic nitrogens is 2. The Labute approximate surface area is 204 Å². The Hall–Kier alpha value is -2.47. The number of H-pyrrole nitrogens is 1. The van der Waals surface area contributed by atoms with Crippen molar-refractivity contribution < 1.29 is 19.4 Å². The van der Waals surface area contributed by atoms with Gasteiger partial charge in [0.15, 0.2) is 0 Å². The lowest BCUT2D eigenvalue weighted by Gasteiger charge is -2.51. The van der Waals surface area contributed by atoms with Crippen molar-refractivity contribution in [3.8, 4) is 5.75 Å². The third-order valence-corrected chi connectivity index (χ3v) is 7.20. The highest BCUT2D eigenvalue weighted by Crippen LogP contribution is 2.43. The molecule has 34 heavy (non-hydrogen) atoms. The maximum Gasteiger partial charge on any atom is 0.328 e. The monoisotopic (exact) mass is 536 g/mol. The molecule has 1 amide bonds. The van der Waals surface area contributed by atoms with Gasteiger partial charge < -0.3 is 25.2 Å². The predicted molar refractivity (Wildman–Crippen MR) is 128 cm³/mol. The van der Waals surface area contributed by atoms with E-state index in [-0.39, 0.29) is 17.0 Å². The fourth-order valence-electron chi connectivity index (χ4n) is 4.85. The molecule has 0 radical (unpaired) electrons. The van der Waals surface area contributed by atoms with Gasteiger partial charge in [0.2, 0.25) is 0 Å². The van der Waals surface area contributed by atoms with Crippen LogP contribution in [0.15, 0.2) is 44.5 Å². The number of halogens is 1. The van der Waals surface area contributed by atoms with Crippen molar-refractivity contribution in [2.75, 3.05) is 32.8 Å². The minimum Gasteiger partial charge on any atom is -0.492 e. The van der Waals surface area contributed by atoms with Gasteiger partial charge in [0.25, 0.3) is 11.5 Å². The van der Waals surface area contributed by atoms with Gasteiger partial charge >= 0.3 is 5.69 Å². The largest absolute Gasteiger partial charge is 0.492 e. The molecule has 184 valence electrons. The molecule has 4 rings (SSSR count). The normalized spacial score (nSPS) is 24.2. The number of nitrogens with zero attached hydrogens (tertiary/aromatic N) is 2. The number of likely N-dealkylation sites (tertiary alicyclic amines) is 1. The lowest BCUT2D eigenvalue weighted by molar-refractivity contribution is -0.195. The summed E-state index contributed by atoms with van der Waals surface area (Å²) in [5, 5.41) is 11.3. The fourth-order valence-corrected chi connectivity index (χ4v) is 5.16. The quantitative estimate of drug-likeness (QED) is 0.518. The molecule has 0 unspecified atom stereocenters.